The second kappa shape index (κ2) is 4.24. The number of rotatable bonds is 2. The zero-order valence-corrected chi connectivity index (χ0v) is 9.09. The molecule has 3 nitrogen and oxygen atoms in total. The van der Waals surface area contributed by atoms with E-state index >= 15 is 0 Å². The fraction of sp³-hybridized carbons (Fsp3) is 0.750. The SMILES string of the molecule is C#CCCN1CC2(CCNCC2)CC1=O. The summed E-state index contributed by atoms with van der Waals surface area (Å²) in [6, 6.07) is 0. The van der Waals surface area contributed by atoms with Gasteiger partial charge in [0, 0.05) is 25.9 Å². The second-order valence-electron chi connectivity index (χ2n) is 4.70. The Kier molecular flexibility index (Phi) is 2.97. The molecule has 0 saturated carbocycles. The molecule has 15 heavy (non-hydrogen) atoms. The molecule has 0 radical (unpaired) electrons. The van der Waals surface area contributed by atoms with E-state index in [-0.39, 0.29) is 5.41 Å². The normalized spacial score (nSPS) is 24.5. The van der Waals surface area contributed by atoms with Crippen LogP contribution in [0, 0.1) is 17.8 Å². The van der Waals surface area contributed by atoms with Gasteiger partial charge in [-0.3, -0.25) is 4.79 Å². The molecule has 0 unspecified atom stereocenters. The van der Waals surface area contributed by atoms with Crippen LogP contribution in [0.5, 0.6) is 0 Å². The van der Waals surface area contributed by atoms with Crippen LogP contribution in [0.25, 0.3) is 0 Å². The summed E-state index contributed by atoms with van der Waals surface area (Å²) in [7, 11) is 0. The number of nitrogens with one attached hydrogen (secondary N) is 1. The summed E-state index contributed by atoms with van der Waals surface area (Å²) in [4.78, 5) is 13.7. The lowest BCUT2D eigenvalue weighted by Crippen LogP contribution is -2.38. The molecule has 0 aromatic heterocycles. The largest absolute Gasteiger partial charge is 0.341 e. The minimum absolute atomic E-state index is 0.261. The van der Waals surface area contributed by atoms with Crippen LogP contribution in [-0.2, 0) is 4.79 Å². The number of hydrogen-bond acceptors (Lipinski definition) is 2. The Bertz CT molecular complexity index is 286. The van der Waals surface area contributed by atoms with E-state index in [1.165, 1.54) is 0 Å². The van der Waals surface area contributed by atoms with Gasteiger partial charge in [0.2, 0.25) is 5.91 Å². The monoisotopic (exact) mass is 206 g/mol. The zero-order valence-electron chi connectivity index (χ0n) is 9.09. The van der Waals surface area contributed by atoms with Crippen molar-refractivity contribution in [2.24, 2.45) is 5.41 Å². The summed E-state index contributed by atoms with van der Waals surface area (Å²) >= 11 is 0. The summed E-state index contributed by atoms with van der Waals surface area (Å²) in [6.45, 7) is 3.77. The maximum absolute atomic E-state index is 11.8. The Balaban J connectivity index is 1.96. The van der Waals surface area contributed by atoms with Crippen molar-refractivity contribution in [1.82, 2.24) is 10.2 Å². The molecule has 3 heteroatoms. The van der Waals surface area contributed by atoms with Crippen LogP contribution >= 0.6 is 0 Å². The smallest absolute Gasteiger partial charge is 0.223 e. The molecule has 2 rings (SSSR count). The Hall–Kier alpha value is -1.01. The van der Waals surface area contributed by atoms with Crippen LogP contribution < -0.4 is 5.32 Å². The van der Waals surface area contributed by atoms with Gasteiger partial charge < -0.3 is 10.2 Å². The highest BCUT2D eigenvalue weighted by Gasteiger charge is 2.43. The minimum atomic E-state index is 0.261. The molecule has 2 aliphatic rings. The average molecular weight is 206 g/mol. The molecule has 1 amide bonds. The quantitative estimate of drug-likeness (QED) is 0.671. The summed E-state index contributed by atoms with van der Waals surface area (Å²) in [6.07, 6.45) is 8.90. The molecular weight excluding hydrogens is 188 g/mol. The summed E-state index contributed by atoms with van der Waals surface area (Å²) < 4.78 is 0. The van der Waals surface area contributed by atoms with E-state index in [4.69, 9.17) is 6.42 Å². The third-order valence-electron chi connectivity index (χ3n) is 3.60. The molecule has 1 N–H and O–H groups in total. The fourth-order valence-corrected chi connectivity index (χ4v) is 2.68. The maximum atomic E-state index is 11.8. The number of piperidine rings is 1. The molecule has 0 aliphatic carbocycles. The van der Waals surface area contributed by atoms with Crippen molar-refractivity contribution in [2.45, 2.75) is 25.7 Å². The molecule has 0 bridgehead atoms. The van der Waals surface area contributed by atoms with Crippen molar-refractivity contribution in [1.29, 1.82) is 0 Å². The molecule has 2 saturated heterocycles. The Morgan fingerprint density at radius 2 is 2.20 bits per heavy atom. The topological polar surface area (TPSA) is 32.3 Å². The Labute approximate surface area is 91.2 Å². The van der Waals surface area contributed by atoms with Gasteiger partial charge >= 0.3 is 0 Å². The molecule has 2 aliphatic heterocycles. The van der Waals surface area contributed by atoms with Gasteiger partial charge in [-0.2, -0.15) is 0 Å². The number of nitrogens with zero attached hydrogens (tertiary/aromatic N) is 1. The van der Waals surface area contributed by atoms with E-state index < -0.39 is 0 Å². The van der Waals surface area contributed by atoms with Gasteiger partial charge in [0.1, 0.15) is 0 Å². The third-order valence-corrected chi connectivity index (χ3v) is 3.60. The van der Waals surface area contributed by atoms with Crippen LogP contribution in [0.15, 0.2) is 0 Å². The van der Waals surface area contributed by atoms with Crippen molar-refractivity contribution in [3.8, 4) is 12.3 Å². The average Bonchev–Trinajstić information content (AvgIpc) is 2.53. The van der Waals surface area contributed by atoms with Gasteiger partial charge in [0.05, 0.1) is 0 Å². The summed E-state index contributed by atoms with van der Waals surface area (Å²) in [5, 5.41) is 3.35. The predicted octanol–water partition coefficient (Wildman–Crippen LogP) is 0.612. The highest BCUT2D eigenvalue weighted by Crippen LogP contribution is 2.39. The molecular formula is C12H18N2O. The Morgan fingerprint density at radius 1 is 1.47 bits per heavy atom. The van der Waals surface area contributed by atoms with Crippen LogP contribution in [-0.4, -0.2) is 37.0 Å². The summed E-state index contributed by atoms with van der Waals surface area (Å²) in [5.41, 5.74) is 0.261. The van der Waals surface area contributed by atoms with Crippen molar-refractivity contribution < 1.29 is 4.79 Å². The van der Waals surface area contributed by atoms with E-state index in [1.807, 2.05) is 4.90 Å². The van der Waals surface area contributed by atoms with E-state index in [0.717, 1.165) is 45.4 Å². The first-order valence-electron chi connectivity index (χ1n) is 5.68. The first kappa shape index (κ1) is 10.5. The third kappa shape index (κ3) is 2.15. The summed E-state index contributed by atoms with van der Waals surface area (Å²) in [5.74, 6) is 2.90. The van der Waals surface area contributed by atoms with Crippen molar-refractivity contribution in [3.05, 3.63) is 0 Å². The van der Waals surface area contributed by atoms with Crippen LogP contribution in [0.4, 0.5) is 0 Å². The molecule has 2 fully saturated rings. The van der Waals surface area contributed by atoms with Crippen molar-refractivity contribution in [2.75, 3.05) is 26.2 Å². The number of likely N-dealkylation sites (tertiary alicyclic amines) is 1. The minimum Gasteiger partial charge on any atom is -0.341 e. The fourth-order valence-electron chi connectivity index (χ4n) is 2.68. The standard InChI is InChI=1S/C12H18N2O/c1-2-3-8-14-10-12(9-11(14)15)4-6-13-7-5-12/h1,13H,3-10H2. The van der Waals surface area contributed by atoms with Crippen LogP contribution in [0.2, 0.25) is 0 Å². The van der Waals surface area contributed by atoms with E-state index in [1.54, 1.807) is 0 Å². The molecule has 1 spiro atoms. The van der Waals surface area contributed by atoms with Gasteiger partial charge in [-0.05, 0) is 31.3 Å². The van der Waals surface area contributed by atoms with E-state index in [0.29, 0.717) is 12.3 Å². The van der Waals surface area contributed by atoms with Gasteiger partial charge in [0.15, 0.2) is 0 Å². The number of hydrogen-bond donors (Lipinski definition) is 1. The maximum Gasteiger partial charge on any atom is 0.223 e. The lowest BCUT2D eigenvalue weighted by Gasteiger charge is -2.33. The van der Waals surface area contributed by atoms with E-state index in [9.17, 15) is 4.79 Å². The van der Waals surface area contributed by atoms with Crippen molar-refractivity contribution >= 4 is 5.91 Å². The molecule has 0 aromatic rings. The molecule has 82 valence electrons. The molecule has 0 atom stereocenters. The highest BCUT2D eigenvalue weighted by molar-refractivity contribution is 5.79. The molecule has 2 heterocycles. The number of carbonyl (C=O) groups is 1. The Morgan fingerprint density at radius 3 is 2.87 bits per heavy atom. The van der Waals surface area contributed by atoms with Gasteiger partial charge in [-0.25, -0.2) is 0 Å². The lowest BCUT2D eigenvalue weighted by atomic mass is 9.78. The van der Waals surface area contributed by atoms with Gasteiger partial charge in [-0.15, -0.1) is 12.3 Å². The van der Waals surface area contributed by atoms with Crippen molar-refractivity contribution in [3.63, 3.8) is 0 Å². The second-order valence-corrected chi connectivity index (χ2v) is 4.70. The lowest BCUT2D eigenvalue weighted by molar-refractivity contribution is -0.127. The van der Waals surface area contributed by atoms with Crippen LogP contribution in [0.1, 0.15) is 25.7 Å². The zero-order chi connectivity index (χ0) is 10.7. The highest BCUT2D eigenvalue weighted by atomic mass is 16.2. The first-order valence-corrected chi connectivity index (χ1v) is 5.68. The van der Waals surface area contributed by atoms with Gasteiger partial charge in [-0.1, -0.05) is 0 Å². The van der Waals surface area contributed by atoms with Crippen LogP contribution in [0.3, 0.4) is 0 Å². The number of terminal acetylenes is 1. The number of amides is 1. The van der Waals surface area contributed by atoms with E-state index in [2.05, 4.69) is 11.2 Å². The molecule has 0 aromatic carbocycles. The first-order chi connectivity index (χ1) is 7.26. The van der Waals surface area contributed by atoms with Gasteiger partial charge in [0.25, 0.3) is 0 Å². The number of carbonyl (C=O) groups excluding carboxylic acids is 1. The predicted molar refractivity (Wildman–Crippen MR) is 59.2 cm³/mol.